The second kappa shape index (κ2) is 39.9. The Hall–Kier alpha value is -10.6. The number of rotatable bonds is 42. The number of nitrogens with zero attached hydrogens (tertiary/aromatic N) is 1. The normalized spacial score (nSPS) is 14.2. The number of fused-ring (bicyclic) bond motifs is 2. The van der Waals surface area contributed by atoms with E-state index in [0.29, 0.717) is 27.9 Å². The molecule has 0 spiro atoms. The molecule has 0 fully saturated rings. The molecule has 5 rings (SSSR count). The molecule has 0 radical (unpaired) electrons. The number of carboxylic acid groups (broad SMARTS) is 3. The molecule has 548 valence electrons. The molecule has 35 nitrogen and oxygen atoms in total. The zero-order valence-electron chi connectivity index (χ0n) is 55.9. The van der Waals surface area contributed by atoms with E-state index in [-0.39, 0.29) is 38.1 Å². The van der Waals surface area contributed by atoms with E-state index < -0.39 is 200 Å². The second-order valence-corrected chi connectivity index (χ2v) is 25.2. The molecule has 101 heavy (non-hydrogen) atoms. The Morgan fingerprint density at radius 3 is 1.49 bits per heavy atom. The topological polar surface area (TPSA) is 547 Å². The molecule has 0 saturated heterocycles. The Morgan fingerprint density at radius 1 is 0.485 bits per heavy atom. The standard InChI is InChI=1S/C64H87N17O18S2/c1-31(2)18-43(59(94)71-27-49(82)74-42(14-15-51(84)85)57(92)70-28-50(83)81-54(32(3)4)64(99)79-44(58(93)67-16-17-100)19-34-24-68-40-12-8-6-10-37(34)40)77-61(96)46(21-36-26-66-30-72-36)78-60(95)45(20-35-25-69-41-13-9-7-11-38(35)41)75-55(90)33(5)73-63(98)48(29-101)80-62(97)47(23-53(88)89)76-56(91)39(65)22-52(86)87/h6-13,24-26,30-33,39,42-48,54,68-69,100-101H,14-23,27-29,65H2,1-5H3,(H,66,72)(H,67,93)(H,70,92)(H,71,94)(H,73,98)(H,74,82)(H,75,90)(H,76,91)(H,77,96)(H,78,95)(H,79,99)(H,80,97)(H,81,83)(H,84,85)(H,86,87)(H,88,89)/t33-,39-,42-,43-,44-,45-,46-,47-,48-,54-/m0/s1. The largest absolute Gasteiger partial charge is 0.481 e. The summed E-state index contributed by atoms with van der Waals surface area (Å²) in [5.74, 6) is -16.6. The van der Waals surface area contributed by atoms with Crippen LogP contribution in [-0.2, 0) is 91.2 Å². The molecule has 0 aliphatic carbocycles. The molecule has 2 aromatic carbocycles. The van der Waals surface area contributed by atoms with Gasteiger partial charge in [-0.25, -0.2) is 4.98 Å². The van der Waals surface area contributed by atoms with E-state index >= 15 is 0 Å². The lowest BCUT2D eigenvalue weighted by atomic mass is 10.0. The van der Waals surface area contributed by atoms with Gasteiger partial charge >= 0.3 is 17.9 Å². The molecule has 20 N–H and O–H groups in total. The number of hydrogen-bond donors (Lipinski definition) is 21. The highest BCUT2D eigenvalue weighted by molar-refractivity contribution is 7.80. The number of H-pyrrole nitrogens is 3. The number of nitrogens with two attached hydrogens (primary N) is 1. The van der Waals surface area contributed by atoms with Crippen LogP contribution < -0.4 is 69.5 Å². The molecule has 0 saturated carbocycles. The Morgan fingerprint density at radius 2 is 0.960 bits per heavy atom. The maximum Gasteiger partial charge on any atom is 0.305 e. The zero-order valence-corrected chi connectivity index (χ0v) is 57.7. The summed E-state index contributed by atoms with van der Waals surface area (Å²) < 4.78 is 0. The third kappa shape index (κ3) is 26.2. The average molecular weight is 1450 g/mol. The van der Waals surface area contributed by atoms with Crippen LogP contribution in [0.2, 0.25) is 0 Å². The Labute approximate surface area is 589 Å². The fourth-order valence-corrected chi connectivity index (χ4v) is 10.7. The van der Waals surface area contributed by atoms with Gasteiger partial charge < -0.3 is 99.8 Å². The number of benzene rings is 2. The van der Waals surface area contributed by atoms with Gasteiger partial charge in [0.05, 0.1) is 38.3 Å². The first kappa shape index (κ1) is 81.1. The van der Waals surface area contributed by atoms with Crippen LogP contribution in [0.15, 0.2) is 73.4 Å². The van der Waals surface area contributed by atoms with Gasteiger partial charge in [-0.15, -0.1) is 0 Å². The average Bonchev–Trinajstić information content (AvgIpc) is 1.70. The van der Waals surface area contributed by atoms with Crippen molar-refractivity contribution in [2.75, 3.05) is 31.1 Å². The van der Waals surface area contributed by atoms with E-state index in [1.54, 1.807) is 64.4 Å². The maximum atomic E-state index is 14.7. The predicted molar refractivity (Wildman–Crippen MR) is 370 cm³/mol. The van der Waals surface area contributed by atoms with Crippen LogP contribution in [0.5, 0.6) is 0 Å². The highest BCUT2D eigenvalue weighted by Crippen LogP contribution is 2.22. The van der Waals surface area contributed by atoms with Crippen LogP contribution in [-0.4, -0.2) is 216 Å². The van der Waals surface area contributed by atoms with Crippen LogP contribution in [0.1, 0.15) is 83.5 Å². The SMILES string of the molecule is CC(C)C[C@H](NC(=O)[C@H](Cc1cnc[nH]1)NC(=O)[C@H](Cc1c[nH]c2ccccc12)NC(=O)[C@H](C)NC(=O)[C@H](CS)NC(=O)[C@H](CC(=O)O)NC(=O)[C@@H](N)CC(=O)O)C(=O)NCC(=O)N[C@@H](CCC(=O)O)C(=O)NCC(=O)N[C@H](C(=O)N[C@@H](Cc1c[nH]c2ccccc12)C(=O)NCCS)C(C)C. The minimum Gasteiger partial charge on any atom is -0.481 e. The maximum absolute atomic E-state index is 14.7. The molecular weight excluding hydrogens is 1360 g/mol. The number of nitrogens with one attached hydrogen (secondary N) is 15. The van der Waals surface area contributed by atoms with Gasteiger partial charge in [0, 0.05) is 89.8 Å². The van der Waals surface area contributed by atoms with E-state index in [1.165, 1.54) is 19.4 Å². The number of carbonyl (C=O) groups excluding carboxylic acids is 12. The molecule has 0 unspecified atom stereocenters. The molecule has 10 atom stereocenters. The fraction of sp³-hybridized carbons (Fsp3) is 0.469. The lowest BCUT2D eigenvalue weighted by molar-refractivity contribution is -0.142. The lowest BCUT2D eigenvalue weighted by Gasteiger charge is -2.27. The number of carbonyl (C=O) groups is 15. The Bertz CT molecular complexity index is 3770. The van der Waals surface area contributed by atoms with E-state index in [9.17, 15) is 82.1 Å². The number of imidazole rings is 1. The summed E-state index contributed by atoms with van der Waals surface area (Å²) in [6, 6.07) is -0.554. The predicted octanol–water partition coefficient (Wildman–Crippen LogP) is -3.16. The highest BCUT2D eigenvalue weighted by Gasteiger charge is 2.36. The summed E-state index contributed by atoms with van der Waals surface area (Å²) in [5, 5.41) is 59.2. The van der Waals surface area contributed by atoms with Gasteiger partial charge in [0.25, 0.3) is 0 Å². The summed E-state index contributed by atoms with van der Waals surface area (Å²) in [6.45, 7) is 6.60. The molecular formula is C64H87N17O18S2. The number of aromatic amines is 3. The molecule has 5 aromatic rings. The zero-order chi connectivity index (χ0) is 74.6. The van der Waals surface area contributed by atoms with Crippen molar-refractivity contribution in [2.24, 2.45) is 17.6 Å². The molecule has 0 bridgehead atoms. The molecule has 0 aliphatic heterocycles. The fourth-order valence-electron chi connectivity index (χ4n) is 10.3. The molecule has 12 amide bonds. The van der Waals surface area contributed by atoms with E-state index in [0.717, 1.165) is 16.5 Å². The first-order valence-electron chi connectivity index (χ1n) is 32.1. The summed E-state index contributed by atoms with van der Waals surface area (Å²) in [5.41, 5.74) is 8.63. The summed E-state index contributed by atoms with van der Waals surface area (Å²) in [7, 11) is 0. The highest BCUT2D eigenvalue weighted by atomic mass is 32.1. The van der Waals surface area contributed by atoms with E-state index in [2.05, 4.69) is 109 Å². The van der Waals surface area contributed by atoms with Gasteiger partial charge in [-0.3, -0.25) is 71.9 Å². The van der Waals surface area contributed by atoms with Gasteiger partial charge in [0.15, 0.2) is 0 Å². The number of para-hydroxylation sites is 2. The summed E-state index contributed by atoms with van der Waals surface area (Å²) in [6.07, 6.45) is 2.52. The Balaban J connectivity index is 1.26. The number of amides is 12. The summed E-state index contributed by atoms with van der Waals surface area (Å²) >= 11 is 8.28. The van der Waals surface area contributed by atoms with Crippen molar-refractivity contribution >= 4 is 136 Å². The van der Waals surface area contributed by atoms with Crippen LogP contribution in [0.25, 0.3) is 21.8 Å². The molecule has 37 heteroatoms. The smallest absolute Gasteiger partial charge is 0.305 e. The monoisotopic (exact) mass is 1450 g/mol. The van der Waals surface area contributed by atoms with Crippen LogP contribution in [0, 0.1) is 11.8 Å². The summed E-state index contributed by atoms with van der Waals surface area (Å²) in [4.78, 5) is 212. The van der Waals surface area contributed by atoms with Crippen LogP contribution >= 0.6 is 25.3 Å². The van der Waals surface area contributed by atoms with Crippen LogP contribution in [0.3, 0.4) is 0 Å². The first-order valence-corrected chi connectivity index (χ1v) is 33.4. The van der Waals surface area contributed by atoms with Gasteiger partial charge in [0.2, 0.25) is 70.9 Å². The van der Waals surface area contributed by atoms with Crippen molar-refractivity contribution in [3.05, 3.63) is 90.3 Å². The molecule has 0 aliphatic rings. The van der Waals surface area contributed by atoms with Crippen molar-refractivity contribution in [1.29, 1.82) is 0 Å². The number of aromatic nitrogens is 4. The van der Waals surface area contributed by atoms with Gasteiger partial charge in [-0.05, 0) is 54.9 Å². The molecule has 3 aromatic heterocycles. The van der Waals surface area contributed by atoms with Crippen LogP contribution in [0.4, 0.5) is 0 Å². The van der Waals surface area contributed by atoms with Crippen molar-refractivity contribution in [2.45, 2.75) is 146 Å². The van der Waals surface area contributed by atoms with Crippen molar-refractivity contribution < 1.29 is 87.2 Å². The van der Waals surface area contributed by atoms with Gasteiger partial charge in [0.1, 0.15) is 54.4 Å². The van der Waals surface area contributed by atoms with E-state index in [1.807, 2.05) is 24.3 Å². The Kier molecular flexibility index (Phi) is 32.0. The molecule has 3 heterocycles. The van der Waals surface area contributed by atoms with Crippen molar-refractivity contribution in [3.8, 4) is 0 Å². The van der Waals surface area contributed by atoms with Gasteiger partial charge in [-0.1, -0.05) is 64.1 Å². The number of hydrogen-bond acceptors (Lipinski definition) is 19. The third-order valence-electron chi connectivity index (χ3n) is 15.5. The third-order valence-corrected chi connectivity index (χ3v) is 16.1. The van der Waals surface area contributed by atoms with Crippen molar-refractivity contribution in [3.63, 3.8) is 0 Å². The van der Waals surface area contributed by atoms with Crippen molar-refractivity contribution in [1.82, 2.24) is 83.7 Å². The number of carboxylic acids is 3. The number of aliphatic carboxylic acids is 3. The minimum absolute atomic E-state index is 0.0460. The quantitative estimate of drug-likeness (QED) is 0.0171. The minimum atomic E-state index is -1.85. The lowest BCUT2D eigenvalue weighted by Crippen LogP contribution is -2.60. The van der Waals surface area contributed by atoms with Gasteiger partial charge in [-0.2, -0.15) is 25.3 Å². The number of thiol groups is 2. The van der Waals surface area contributed by atoms with E-state index in [4.69, 9.17) is 10.8 Å². The second-order valence-electron chi connectivity index (χ2n) is 24.4. The first-order chi connectivity index (χ1) is 47.9.